The van der Waals surface area contributed by atoms with E-state index in [0.29, 0.717) is 18.8 Å². The lowest BCUT2D eigenvalue weighted by molar-refractivity contribution is -0.126. The summed E-state index contributed by atoms with van der Waals surface area (Å²) in [6.07, 6.45) is 5.13. The van der Waals surface area contributed by atoms with Gasteiger partial charge in [0.25, 0.3) is 0 Å². The van der Waals surface area contributed by atoms with Crippen LogP contribution < -0.4 is 10.4 Å². The third-order valence-corrected chi connectivity index (χ3v) is 7.09. The minimum absolute atomic E-state index is 0.0633. The molecule has 6 nitrogen and oxygen atoms in total. The first-order valence-electron chi connectivity index (χ1n) is 10.4. The van der Waals surface area contributed by atoms with Crippen LogP contribution in [0.15, 0.2) is 12.3 Å². The maximum absolute atomic E-state index is 13.6. The van der Waals surface area contributed by atoms with Gasteiger partial charge in [-0.2, -0.15) is 0 Å². The van der Waals surface area contributed by atoms with Crippen molar-refractivity contribution in [1.29, 1.82) is 0 Å². The number of carbonyl (C=O) groups is 1. The van der Waals surface area contributed by atoms with Gasteiger partial charge in [0.15, 0.2) is 0 Å². The van der Waals surface area contributed by atoms with E-state index in [4.69, 9.17) is 14.0 Å². The maximum atomic E-state index is 13.6. The number of carbonyl (C=O) groups excluding carboxylic acids is 1. The predicted octanol–water partition coefficient (Wildman–Crippen LogP) is 2.92. The number of ether oxygens (including phenoxy) is 1. The summed E-state index contributed by atoms with van der Waals surface area (Å²) in [5, 5.41) is 0. The first kappa shape index (κ1) is 19.9. The normalized spacial score (nSPS) is 31.4. The molecule has 28 heavy (non-hydrogen) atoms. The van der Waals surface area contributed by atoms with Crippen molar-refractivity contribution in [2.75, 3.05) is 11.5 Å². The minimum atomic E-state index is -0.663. The largest absolute Gasteiger partial charge is 0.495 e. The zero-order valence-electron chi connectivity index (χ0n) is 17.9. The molecule has 3 aliphatic rings. The monoisotopic (exact) mass is 386 g/mol. The second-order valence-corrected chi connectivity index (χ2v) is 9.37. The van der Waals surface area contributed by atoms with Gasteiger partial charge in [-0.15, -0.1) is 0 Å². The Labute approximate surface area is 168 Å². The summed E-state index contributed by atoms with van der Waals surface area (Å²) >= 11 is 0. The van der Waals surface area contributed by atoms with Crippen molar-refractivity contribution in [1.82, 2.24) is 4.98 Å². The molecular weight excluding hydrogens is 355 g/mol. The lowest BCUT2D eigenvalue weighted by atomic mass is 9.69. The fourth-order valence-electron chi connectivity index (χ4n) is 4.37. The van der Waals surface area contributed by atoms with Gasteiger partial charge in [-0.25, -0.2) is 4.98 Å². The highest BCUT2D eigenvalue weighted by molar-refractivity contribution is 6.63. The van der Waals surface area contributed by atoms with Crippen LogP contribution in [0, 0.1) is 0 Å². The first-order chi connectivity index (χ1) is 13.1. The summed E-state index contributed by atoms with van der Waals surface area (Å²) in [5.41, 5.74) is 0.287. The predicted molar refractivity (Wildman–Crippen MR) is 109 cm³/mol. The van der Waals surface area contributed by atoms with Crippen LogP contribution in [0.1, 0.15) is 72.8 Å². The average Bonchev–Trinajstić information content (AvgIpc) is 3.02. The molecule has 0 bridgehead atoms. The fraction of sp³-hybridized carbons (Fsp3) is 0.714. The van der Waals surface area contributed by atoms with Crippen LogP contribution in [0.5, 0.6) is 0 Å². The van der Waals surface area contributed by atoms with Gasteiger partial charge in [0, 0.05) is 18.4 Å². The number of amides is 1. The molecule has 1 amide bonds. The number of fused-ring (bicyclic) bond motifs is 1. The molecule has 0 radical (unpaired) electrons. The van der Waals surface area contributed by atoms with Crippen LogP contribution in [0.4, 0.5) is 5.82 Å². The molecule has 2 fully saturated rings. The van der Waals surface area contributed by atoms with Crippen molar-refractivity contribution in [2.45, 2.75) is 90.1 Å². The van der Waals surface area contributed by atoms with E-state index >= 15 is 0 Å². The van der Waals surface area contributed by atoms with E-state index < -0.39 is 23.7 Å². The summed E-state index contributed by atoms with van der Waals surface area (Å²) in [4.78, 5) is 20.0. The Hall–Kier alpha value is -1.44. The van der Waals surface area contributed by atoms with Crippen molar-refractivity contribution >= 4 is 24.3 Å². The molecule has 4 heterocycles. The van der Waals surface area contributed by atoms with Gasteiger partial charge in [0.05, 0.1) is 16.6 Å². The third kappa shape index (κ3) is 2.74. The van der Waals surface area contributed by atoms with Crippen molar-refractivity contribution in [3.8, 4) is 0 Å². The molecule has 2 atom stereocenters. The van der Waals surface area contributed by atoms with Crippen LogP contribution >= 0.6 is 0 Å². The van der Waals surface area contributed by atoms with E-state index in [-0.39, 0.29) is 12.1 Å². The highest BCUT2D eigenvalue weighted by atomic mass is 16.7. The summed E-state index contributed by atoms with van der Waals surface area (Å²) in [6, 6.07) is 1.94. The van der Waals surface area contributed by atoms with E-state index in [1.807, 2.05) is 47.6 Å². The Kier molecular flexibility index (Phi) is 4.64. The molecule has 152 valence electrons. The standard InChI is InChI=1S/C21H31BN2O4/c1-7-21(6)16-14(22-27-19(2,3)20(4,5)28-22)11-12-23-17(16)24(18(21)25)15-10-8-9-13-26-15/h11-12,15H,7-10,13H2,1-6H3. The molecule has 4 rings (SSSR count). The first-order valence-corrected chi connectivity index (χ1v) is 10.4. The van der Waals surface area contributed by atoms with Crippen LogP contribution in [-0.2, 0) is 24.3 Å². The highest BCUT2D eigenvalue weighted by Gasteiger charge is 2.57. The zero-order chi connectivity index (χ0) is 20.3. The van der Waals surface area contributed by atoms with Crippen LogP contribution in [0.3, 0.4) is 0 Å². The number of rotatable bonds is 3. The highest BCUT2D eigenvalue weighted by Crippen LogP contribution is 2.45. The summed E-state index contributed by atoms with van der Waals surface area (Å²) in [5.74, 6) is 0.766. The molecule has 0 aliphatic carbocycles. The van der Waals surface area contributed by atoms with Gasteiger partial charge in [0.1, 0.15) is 12.0 Å². The molecule has 3 aliphatic heterocycles. The number of hydrogen-bond acceptors (Lipinski definition) is 5. The number of aromatic nitrogens is 1. The summed E-state index contributed by atoms with van der Waals surface area (Å²) in [7, 11) is -0.521. The Morgan fingerprint density at radius 2 is 1.86 bits per heavy atom. The van der Waals surface area contributed by atoms with Crippen molar-refractivity contribution in [3.63, 3.8) is 0 Å². The van der Waals surface area contributed by atoms with Gasteiger partial charge in [-0.1, -0.05) is 6.92 Å². The summed E-state index contributed by atoms with van der Waals surface area (Å²) in [6.45, 7) is 12.9. The summed E-state index contributed by atoms with van der Waals surface area (Å²) < 4.78 is 18.6. The van der Waals surface area contributed by atoms with Gasteiger partial charge in [-0.05, 0) is 71.8 Å². The van der Waals surface area contributed by atoms with Gasteiger partial charge >= 0.3 is 7.12 Å². The third-order valence-electron chi connectivity index (χ3n) is 7.09. The average molecular weight is 386 g/mol. The van der Waals surface area contributed by atoms with Crippen molar-refractivity contribution in [3.05, 3.63) is 17.8 Å². The van der Waals surface area contributed by atoms with Crippen LogP contribution in [0.25, 0.3) is 0 Å². The smallest absolute Gasteiger partial charge is 0.399 e. The lowest BCUT2D eigenvalue weighted by Crippen LogP contribution is -2.47. The lowest BCUT2D eigenvalue weighted by Gasteiger charge is -2.32. The molecule has 7 heteroatoms. The SMILES string of the molecule is CCC1(C)C(=O)N(C2CCCCO2)c2nccc(B3OC(C)(C)C(C)(C)O3)c21. The number of hydrogen-bond donors (Lipinski definition) is 0. The molecule has 0 N–H and O–H groups in total. The Morgan fingerprint density at radius 3 is 2.43 bits per heavy atom. The van der Waals surface area contributed by atoms with Crippen LogP contribution in [-0.4, -0.2) is 42.0 Å². The van der Waals surface area contributed by atoms with Gasteiger partial charge in [-0.3, -0.25) is 9.69 Å². The minimum Gasteiger partial charge on any atom is -0.399 e. The van der Waals surface area contributed by atoms with E-state index in [0.717, 1.165) is 30.3 Å². The topological polar surface area (TPSA) is 60.9 Å². The van der Waals surface area contributed by atoms with E-state index in [2.05, 4.69) is 4.98 Å². The molecule has 0 saturated carbocycles. The van der Waals surface area contributed by atoms with Crippen molar-refractivity contribution < 1.29 is 18.8 Å². The Balaban J connectivity index is 1.81. The molecule has 1 aromatic rings. The van der Waals surface area contributed by atoms with E-state index in [9.17, 15) is 4.79 Å². The van der Waals surface area contributed by atoms with E-state index in [1.54, 1.807) is 11.1 Å². The molecule has 0 spiro atoms. The Morgan fingerprint density at radius 1 is 1.18 bits per heavy atom. The van der Waals surface area contributed by atoms with E-state index in [1.165, 1.54) is 0 Å². The Bertz CT molecular complexity index is 775. The second kappa shape index (κ2) is 6.54. The fourth-order valence-corrected chi connectivity index (χ4v) is 4.37. The van der Waals surface area contributed by atoms with Crippen molar-refractivity contribution in [2.24, 2.45) is 0 Å². The maximum Gasteiger partial charge on any atom is 0.495 e. The molecule has 2 saturated heterocycles. The molecule has 0 aromatic carbocycles. The molecular formula is C21H31BN2O4. The second-order valence-electron chi connectivity index (χ2n) is 9.37. The van der Waals surface area contributed by atoms with Gasteiger partial charge in [0.2, 0.25) is 5.91 Å². The molecule has 2 unspecified atom stereocenters. The number of nitrogens with zero attached hydrogens (tertiary/aromatic N) is 2. The van der Waals surface area contributed by atoms with Crippen LogP contribution in [0.2, 0.25) is 0 Å². The quantitative estimate of drug-likeness (QED) is 0.748. The molecule has 1 aromatic heterocycles. The number of anilines is 1. The number of pyridine rings is 1. The zero-order valence-corrected chi connectivity index (χ0v) is 17.9. The van der Waals surface area contributed by atoms with Gasteiger partial charge < -0.3 is 14.0 Å².